The van der Waals surface area contributed by atoms with E-state index in [1.165, 1.54) is 19.3 Å². The van der Waals surface area contributed by atoms with Crippen LogP contribution in [0.5, 0.6) is 5.75 Å². The van der Waals surface area contributed by atoms with Crippen LogP contribution in [0.2, 0.25) is 0 Å². The molecule has 5 nitrogen and oxygen atoms in total. The molecule has 0 amide bonds. The summed E-state index contributed by atoms with van der Waals surface area (Å²) in [6.07, 6.45) is 4.77. The maximum Gasteiger partial charge on any atom is 0.264 e. The van der Waals surface area contributed by atoms with Crippen molar-refractivity contribution >= 4 is 0 Å². The van der Waals surface area contributed by atoms with Gasteiger partial charge in [0.2, 0.25) is 0 Å². The van der Waals surface area contributed by atoms with Crippen LogP contribution in [0.4, 0.5) is 0 Å². The van der Waals surface area contributed by atoms with E-state index in [9.17, 15) is 0 Å². The van der Waals surface area contributed by atoms with Crippen molar-refractivity contribution in [3.63, 3.8) is 0 Å². The SMILES string of the molecule is c1ccc(OCc2nc(C3CCCCCN3)no2)cc1. The zero-order valence-electron chi connectivity index (χ0n) is 11.4. The topological polar surface area (TPSA) is 60.2 Å². The Labute approximate surface area is 118 Å². The van der Waals surface area contributed by atoms with Gasteiger partial charge in [-0.3, -0.25) is 0 Å². The molecule has 1 aliphatic rings. The van der Waals surface area contributed by atoms with Gasteiger partial charge in [-0.05, 0) is 31.5 Å². The maximum atomic E-state index is 5.60. The largest absolute Gasteiger partial charge is 0.484 e. The van der Waals surface area contributed by atoms with Crippen molar-refractivity contribution in [2.75, 3.05) is 6.54 Å². The van der Waals surface area contributed by atoms with Crippen LogP contribution in [0.3, 0.4) is 0 Å². The van der Waals surface area contributed by atoms with E-state index in [1.807, 2.05) is 30.3 Å². The number of para-hydroxylation sites is 1. The van der Waals surface area contributed by atoms with Crippen molar-refractivity contribution in [2.24, 2.45) is 0 Å². The fourth-order valence-corrected chi connectivity index (χ4v) is 2.38. The first-order valence-corrected chi connectivity index (χ1v) is 7.15. The number of aromatic nitrogens is 2. The van der Waals surface area contributed by atoms with Crippen LogP contribution in [0.1, 0.15) is 43.4 Å². The second-order valence-electron chi connectivity index (χ2n) is 5.00. The molecule has 1 saturated heterocycles. The van der Waals surface area contributed by atoms with Gasteiger partial charge in [-0.2, -0.15) is 4.98 Å². The average Bonchev–Trinajstić information content (AvgIpc) is 2.80. The van der Waals surface area contributed by atoms with Crippen LogP contribution in [0, 0.1) is 0 Å². The summed E-state index contributed by atoms with van der Waals surface area (Å²) in [6, 6.07) is 9.85. The first-order valence-electron chi connectivity index (χ1n) is 7.15. The lowest BCUT2D eigenvalue weighted by Crippen LogP contribution is -2.21. The Bertz CT molecular complexity index is 519. The number of hydrogen-bond acceptors (Lipinski definition) is 5. The minimum atomic E-state index is 0.215. The number of hydrogen-bond donors (Lipinski definition) is 1. The smallest absolute Gasteiger partial charge is 0.264 e. The molecule has 0 spiro atoms. The van der Waals surface area contributed by atoms with E-state index in [4.69, 9.17) is 9.26 Å². The second kappa shape index (κ2) is 6.52. The molecule has 2 aromatic rings. The van der Waals surface area contributed by atoms with E-state index >= 15 is 0 Å². The molecule has 1 aromatic carbocycles. The highest BCUT2D eigenvalue weighted by Gasteiger charge is 2.19. The normalized spacial score (nSPS) is 19.5. The molecule has 5 heteroatoms. The Morgan fingerprint density at radius 3 is 3.00 bits per heavy atom. The maximum absolute atomic E-state index is 5.60. The molecule has 1 atom stereocenters. The molecule has 1 N–H and O–H groups in total. The molecule has 0 aliphatic carbocycles. The number of benzene rings is 1. The van der Waals surface area contributed by atoms with Crippen molar-refractivity contribution < 1.29 is 9.26 Å². The zero-order valence-corrected chi connectivity index (χ0v) is 11.4. The van der Waals surface area contributed by atoms with Gasteiger partial charge in [0.15, 0.2) is 12.4 Å². The third kappa shape index (κ3) is 3.36. The fraction of sp³-hybridized carbons (Fsp3) is 0.467. The Morgan fingerprint density at radius 2 is 2.10 bits per heavy atom. The van der Waals surface area contributed by atoms with Gasteiger partial charge in [0.1, 0.15) is 5.75 Å². The highest BCUT2D eigenvalue weighted by molar-refractivity contribution is 5.20. The van der Waals surface area contributed by atoms with Crippen LogP contribution in [-0.2, 0) is 6.61 Å². The van der Waals surface area contributed by atoms with Crippen LogP contribution in [0.25, 0.3) is 0 Å². The minimum Gasteiger partial charge on any atom is -0.484 e. The molecule has 106 valence electrons. The van der Waals surface area contributed by atoms with Gasteiger partial charge in [-0.15, -0.1) is 0 Å². The summed E-state index contributed by atoms with van der Waals surface area (Å²) in [5.41, 5.74) is 0. The van der Waals surface area contributed by atoms with Crippen molar-refractivity contribution in [2.45, 2.75) is 38.3 Å². The number of rotatable bonds is 4. The van der Waals surface area contributed by atoms with E-state index in [-0.39, 0.29) is 6.04 Å². The summed E-state index contributed by atoms with van der Waals surface area (Å²) in [7, 11) is 0. The summed E-state index contributed by atoms with van der Waals surface area (Å²) in [6.45, 7) is 1.33. The first kappa shape index (κ1) is 13.1. The van der Waals surface area contributed by atoms with E-state index in [0.717, 1.165) is 24.5 Å². The van der Waals surface area contributed by atoms with Gasteiger partial charge in [-0.25, -0.2) is 0 Å². The Morgan fingerprint density at radius 1 is 1.20 bits per heavy atom. The molecule has 0 bridgehead atoms. The summed E-state index contributed by atoms with van der Waals surface area (Å²) in [5, 5.41) is 7.52. The van der Waals surface area contributed by atoms with Gasteiger partial charge in [-0.1, -0.05) is 36.2 Å². The number of nitrogens with one attached hydrogen (secondary N) is 1. The molecule has 1 unspecified atom stereocenters. The summed E-state index contributed by atoms with van der Waals surface area (Å²) in [5.74, 6) is 2.08. The lowest BCUT2D eigenvalue weighted by atomic mass is 10.1. The van der Waals surface area contributed by atoms with Crippen molar-refractivity contribution in [3.05, 3.63) is 42.0 Å². The van der Waals surface area contributed by atoms with Crippen LogP contribution in [0.15, 0.2) is 34.9 Å². The van der Waals surface area contributed by atoms with E-state index < -0.39 is 0 Å². The third-order valence-corrected chi connectivity index (χ3v) is 3.46. The molecular formula is C15H19N3O2. The van der Waals surface area contributed by atoms with Gasteiger partial charge >= 0.3 is 0 Å². The highest BCUT2D eigenvalue weighted by atomic mass is 16.5. The Kier molecular flexibility index (Phi) is 4.28. The predicted octanol–water partition coefficient (Wildman–Crippen LogP) is 2.85. The highest BCUT2D eigenvalue weighted by Crippen LogP contribution is 2.20. The number of nitrogens with zero attached hydrogens (tertiary/aromatic N) is 2. The van der Waals surface area contributed by atoms with Crippen LogP contribution >= 0.6 is 0 Å². The fourth-order valence-electron chi connectivity index (χ4n) is 2.38. The predicted molar refractivity (Wildman–Crippen MR) is 74.3 cm³/mol. The Balaban J connectivity index is 1.58. The average molecular weight is 273 g/mol. The molecule has 3 rings (SSSR count). The minimum absolute atomic E-state index is 0.215. The number of ether oxygens (including phenoxy) is 1. The molecule has 0 saturated carbocycles. The lowest BCUT2D eigenvalue weighted by molar-refractivity contribution is 0.242. The van der Waals surface area contributed by atoms with Crippen molar-refractivity contribution in [3.8, 4) is 5.75 Å². The summed E-state index contributed by atoms with van der Waals surface area (Å²) in [4.78, 5) is 4.43. The first-order chi connectivity index (χ1) is 9.92. The molecule has 0 radical (unpaired) electrons. The lowest BCUT2D eigenvalue weighted by Gasteiger charge is -2.09. The molecule has 1 aliphatic heterocycles. The zero-order chi connectivity index (χ0) is 13.6. The van der Waals surface area contributed by atoms with Crippen molar-refractivity contribution in [1.29, 1.82) is 0 Å². The van der Waals surface area contributed by atoms with Gasteiger partial charge in [0.25, 0.3) is 5.89 Å². The van der Waals surface area contributed by atoms with Crippen LogP contribution < -0.4 is 10.1 Å². The van der Waals surface area contributed by atoms with E-state index in [1.54, 1.807) is 0 Å². The van der Waals surface area contributed by atoms with Crippen LogP contribution in [-0.4, -0.2) is 16.7 Å². The van der Waals surface area contributed by atoms with Gasteiger partial charge < -0.3 is 14.6 Å². The standard InChI is InChI=1S/C15H19N3O2/c1-3-7-12(8-4-1)19-11-14-17-15(18-20-14)13-9-5-2-6-10-16-13/h1,3-4,7-8,13,16H,2,5-6,9-11H2. The van der Waals surface area contributed by atoms with Gasteiger partial charge in [0.05, 0.1) is 6.04 Å². The second-order valence-corrected chi connectivity index (χ2v) is 5.00. The molecular weight excluding hydrogens is 254 g/mol. The monoisotopic (exact) mass is 273 g/mol. The molecule has 1 fully saturated rings. The van der Waals surface area contributed by atoms with E-state index in [2.05, 4.69) is 15.5 Å². The third-order valence-electron chi connectivity index (χ3n) is 3.46. The van der Waals surface area contributed by atoms with E-state index in [0.29, 0.717) is 12.5 Å². The Hall–Kier alpha value is -1.88. The summed E-state index contributed by atoms with van der Waals surface area (Å²) < 4.78 is 10.9. The molecule has 2 heterocycles. The summed E-state index contributed by atoms with van der Waals surface area (Å²) >= 11 is 0. The van der Waals surface area contributed by atoms with Crippen molar-refractivity contribution in [1.82, 2.24) is 15.5 Å². The molecule has 1 aromatic heterocycles. The van der Waals surface area contributed by atoms with Gasteiger partial charge in [0, 0.05) is 0 Å². The quantitative estimate of drug-likeness (QED) is 0.928. The molecule has 20 heavy (non-hydrogen) atoms.